The van der Waals surface area contributed by atoms with Gasteiger partial charge in [0, 0.05) is 32.7 Å². The second-order valence-corrected chi connectivity index (χ2v) is 7.09. The number of ether oxygens (including phenoxy) is 1. The lowest BCUT2D eigenvalue weighted by Crippen LogP contribution is -2.49. The fourth-order valence-corrected chi connectivity index (χ4v) is 2.80. The van der Waals surface area contributed by atoms with Crippen LogP contribution in [0.4, 0.5) is 4.79 Å². The van der Waals surface area contributed by atoms with Crippen LogP contribution in [0.1, 0.15) is 47.0 Å². The van der Waals surface area contributed by atoms with Crippen LogP contribution in [0.3, 0.4) is 0 Å². The van der Waals surface area contributed by atoms with Gasteiger partial charge < -0.3 is 20.7 Å². The minimum atomic E-state index is -0.472. The van der Waals surface area contributed by atoms with Gasteiger partial charge in [0.05, 0.1) is 0 Å². The third kappa shape index (κ3) is 8.38. The smallest absolute Gasteiger partial charge is 0.407 e. The van der Waals surface area contributed by atoms with Crippen LogP contribution in [-0.2, 0) is 4.74 Å². The molecule has 1 unspecified atom stereocenters. The first-order chi connectivity index (χ1) is 11.4. The lowest BCUT2D eigenvalue weighted by atomic mass is 10.0. The summed E-state index contributed by atoms with van der Waals surface area (Å²) in [5, 5.41) is 9.32. The van der Waals surface area contributed by atoms with Gasteiger partial charge in [0.2, 0.25) is 0 Å². The van der Waals surface area contributed by atoms with Crippen molar-refractivity contribution >= 4 is 12.1 Å². The topological polar surface area (TPSA) is 78.0 Å². The molecule has 1 fully saturated rings. The second-order valence-electron chi connectivity index (χ2n) is 7.09. The summed E-state index contributed by atoms with van der Waals surface area (Å²) in [5.74, 6) is 0.766. The first kappa shape index (κ1) is 20.5. The summed E-state index contributed by atoms with van der Waals surface area (Å²) < 4.78 is 5.19. The number of rotatable bonds is 6. The summed E-state index contributed by atoms with van der Waals surface area (Å²) in [6, 6.07) is 0.571. The maximum absolute atomic E-state index is 11.6. The van der Waals surface area contributed by atoms with Crippen LogP contribution in [0, 0.1) is 0 Å². The number of amides is 1. The van der Waals surface area contributed by atoms with E-state index in [4.69, 9.17) is 4.74 Å². The maximum Gasteiger partial charge on any atom is 0.407 e. The van der Waals surface area contributed by atoms with Gasteiger partial charge in [-0.3, -0.25) is 9.89 Å². The summed E-state index contributed by atoms with van der Waals surface area (Å²) in [6.45, 7) is 12.0. The number of nitrogens with one attached hydrogen (secondary N) is 3. The molecule has 1 atom stereocenters. The monoisotopic (exact) mass is 341 g/mol. The highest BCUT2D eigenvalue weighted by molar-refractivity contribution is 5.79. The molecular formula is C17H35N5O2. The molecule has 1 rings (SSSR count). The van der Waals surface area contributed by atoms with Crippen molar-refractivity contribution in [1.82, 2.24) is 20.9 Å². The summed E-state index contributed by atoms with van der Waals surface area (Å²) in [4.78, 5) is 18.3. The zero-order chi connectivity index (χ0) is 18.0. The zero-order valence-corrected chi connectivity index (χ0v) is 15.9. The number of carbonyl (C=O) groups is 1. The van der Waals surface area contributed by atoms with Gasteiger partial charge in [-0.15, -0.1) is 0 Å². The molecule has 0 spiro atoms. The van der Waals surface area contributed by atoms with Gasteiger partial charge in [0.15, 0.2) is 5.96 Å². The molecule has 1 heterocycles. The van der Waals surface area contributed by atoms with Gasteiger partial charge >= 0.3 is 6.09 Å². The van der Waals surface area contributed by atoms with Gasteiger partial charge in [-0.2, -0.15) is 0 Å². The third-order valence-corrected chi connectivity index (χ3v) is 3.97. The molecule has 3 N–H and O–H groups in total. The van der Waals surface area contributed by atoms with Gasteiger partial charge in [-0.05, 0) is 46.7 Å². The maximum atomic E-state index is 11.6. The molecule has 140 valence electrons. The van der Waals surface area contributed by atoms with Crippen LogP contribution in [-0.4, -0.2) is 68.4 Å². The molecule has 0 bridgehead atoms. The fraction of sp³-hybridized carbons (Fsp3) is 0.882. The van der Waals surface area contributed by atoms with Crippen molar-refractivity contribution in [3.63, 3.8) is 0 Å². The number of piperidine rings is 1. The second kappa shape index (κ2) is 10.4. The molecule has 1 aliphatic rings. The zero-order valence-electron chi connectivity index (χ0n) is 15.9. The lowest BCUT2D eigenvalue weighted by Gasteiger charge is -2.35. The van der Waals surface area contributed by atoms with E-state index in [0.717, 1.165) is 19.0 Å². The highest BCUT2D eigenvalue weighted by Gasteiger charge is 2.20. The molecule has 0 aromatic heterocycles. The Balaban J connectivity index is 2.22. The van der Waals surface area contributed by atoms with E-state index in [1.807, 2.05) is 20.8 Å². The van der Waals surface area contributed by atoms with Gasteiger partial charge in [0.1, 0.15) is 5.60 Å². The van der Waals surface area contributed by atoms with Crippen molar-refractivity contribution in [1.29, 1.82) is 0 Å². The van der Waals surface area contributed by atoms with E-state index in [-0.39, 0.29) is 0 Å². The van der Waals surface area contributed by atoms with Crippen molar-refractivity contribution < 1.29 is 9.53 Å². The van der Waals surface area contributed by atoms with Crippen LogP contribution in [0.15, 0.2) is 4.99 Å². The first-order valence-corrected chi connectivity index (χ1v) is 9.01. The number of guanidine groups is 1. The highest BCUT2D eigenvalue weighted by atomic mass is 16.6. The molecule has 1 aliphatic heterocycles. The quantitative estimate of drug-likeness (QED) is 0.388. The Bertz CT molecular complexity index is 406. The van der Waals surface area contributed by atoms with Crippen molar-refractivity contribution in [2.75, 3.05) is 39.8 Å². The van der Waals surface area contributed by atoms with E-state index in [1.165, 1.54) is 25.8 Å². The number of alkyl carbamates (subject to hydrolysis) is 1. The van der Waals surface area contributed by atoms with Gasteiger partial charge in [-0.25, -0.2) is 4.79 Å². The minimum absolute atomic E-state index is 0.395. The number of nitrogens with zero attached hydrogens (tertiary/aromatic N) is 2. The summed E-state index contributed by atoms with van der Waals surface area (Å²) >= 11 is 0. The Morgan fingerprint density at radius 3 is 2.54 bits per heavy atom. The molecule has 7 heteroatoms. The Morgan fingerprint density at radius 1 is 1.21 bits per heavy atom. The first-order valence-electron chi connectivity index (χ1n) is 9.01. The van der Waals surface area contributed by atoms with E-state index in [1.54, 1.807) is 7.05 Å². The largest absolute Gasteiger partial charge is 0.444 e. The average molecular weight is 342 g/mol. The molecule has 0 radical (unpaired) electrons. The van der Waals surface area contributed by atoms with Gasteiger partial charge in [0.25, 0.3) is 0 Å². The Morgan fingerprint density at radius 2 is 1.92 bits per heavy atom. The molecule has 0 saturated carbocycles. The number of hydrogen-bond donors (Lipinski definition) is 3. The number of hydrogen-bond acceptors (Lipinski definition) is 4. The highest BCUT2D eigenvalue weighted by Crippen LogP contribution is 2.15. The van der Waals surface area contributed by atoms with E-state index in [9.17, 15) is 4.79 Å². The molecular weight excluding hydrogens is 306 g/mol. The van der Waals surface area contributed by atoms with Crippen LogP contribution in [0.5, 0.6) is 0 Å². The van der Waals surface area contributed by atoms with E-state index in [2.05, 4.69) is 32.8 Å². The van der Waals surface area contributed by atoms with Crippen molar-refractivity contribution in [2.45, 2.75) is 58.6 Å². The number of carbonyl (C=O) groups excluding carboxylic acids is 1. The fourth-order valence-electron chi connectivity index (χ4n) is 2.80. The molecule has 24 heavy (non-hydrogen) atoms. The third-order valence-electron chi connectivity index (χ3n) is 3.97. The van der Waals surface area contributed by atoms with Gasteiger partial charge in [-0.1, -0.05) is 13.3 Å². The summed E-state index contributed by atoms with van der Waals surface area (Å²) in [6.07, 6.45) is 3.44. The molecule has 7 nitrogen and oxygen atoms in total. The molecule has 0 aliphatic carbocycles. The molecule has 0 aromatic rings. The molecule has 1 saturated heterocycles. The van der Waals surface area contributed by atoms with Crippen molar-refractivity contribution in [3.8, 4) is 0 Å². The van der Waals surface area contributed by atoms with E-state index < -0.39 is 11.7 Å². The summed E-state index contributed by atoms with van der Waals surface area (Å²) in [7, 11) is 1.76. The number of likely N-dealkylation sites (tertiary alicyclic amines) is 1. The van der Waals surface area contributed by atoms with E-state index in [0.29, 0.717) is 19.1 Å². The predicted molar refractivity (Wildman–Crippen MR) is 98.5 cm³/mol. The van der Waals surface area contributed by atoms with Crippen molar-refractivity contribution in [2.24, 2.45) is 4.99 Å². The Hall–Kier alpha value is -1.50. The van der Waals surface area contributed by atoms with E-state index >= 15 is 0 Å². The number of likely N-dealkylation sites (N-methyl/N-ethyl adjacent to an activating group) is 1. The summed E-state index contributed by atoms with van der Waals surface area (Å²) in [5.41, 5.74) is -0.472. The normalized spacial score (nSPS) is 19.7. The molecule has 1 amide bonds. The average Bonchev–Trinajstić information content (AvgIpc) is 2.52. The van der Waals surface area contributed by atoms with Crippen molar-refractivity contribution in [3.05, 3.63) is 0 Å². The SMILES string of the molecule is CCN1CCCCC1CNC(=NC)NCCNC(=O)OC(C)(C)C. The predicted octanol–water partition coefficient (Wildman–Crippen LogP) is 1.55. The van der Waals surface area contributed by atoms with Crippen LogP contribution < -0.4 is 16.0 Å². The number of aliphatic imine (C=N–C) groups is 1. The standard InChI is InChI=1S/C17H35N5O2/c1-6-22-12-8-7-9-14(22)13-21-15(18-5)19-10-11-20-16(23)24-17(2,3)4/h14H,6-13H2,1-5H3,(H,20,23)(H2,18,19,21). The Kier molecular flexibility index (Phi) is 8.89. The lowest BCUT2D eigenvalue weighted by molar-refractivity contribution is 0.0529. The minimum Gasteiger partial charge on any atom is -0.444 e. The van der Waals surface area contributed by atoms with Crippen LogP contribution in [0.25, 0.3) is 0 Å². The molecule has 0 aromatic carbocycles. The van der Waals surface area contributed by atoms with Crippen LogP contribution >= 0.6 is 0 Å². The Labute approximate surface area is 146 Å². The van der Waals surface area contributed by atoms with Crippen LogP contribution in [0.2, 0.25) is 0 Å².